The van der Waals surface area contributed by atoms with Crippen LogP contribution in [0.2, 0.25) is 0 Å². The second-order valence-corrected chi connectivity index (χ2v) is 6.81. The minimum absolute atomic E-state index is 0.00701. The first-order valence-corrected chi connectivity index (χ1v) is 8.83. The third-order valence-corrected chi connectivity index (χ3v) is 4.82. The number of amides is 1. The SMILES string of the molecule is C[C@@H](n1cnnc1-c1cccc(Nc2cccc3c2C(=O)N(C)C3)n1)C(F)(F)F. The van der Waals surface area contributed by atoms with Gasteiger partial charge < -0.3 is 14.8 Å². The summed E-state index contributed by atoms with van der Waals surface area (Å²) in [4.78, 5) is 18.4. The molecular weight excluding hydrogens is 385 g/mol. The number of hydrogen-bond donors (Lipinski definition) is 1. The summed E-state index contributed by atoms with van der Waals surface area (Å²) in [5.41, 5.74) is 2.29. The molecule has 0 aliphatic carbocycles. The summed E-state index contributed by atoms with van der Waals surface area (Å²) in [7, 11) is 1.72. The number of hydrogen-bond acceptors (Lipinski definition) is 5. The maximum Gasteiger partial charge on any atom is 0.408 e. The lowest BCUT2D eigenvalue weighted by molar-refractivity contribution is -0.162. The molecule has 4 rings (SSSR count). The Morgan fingerprint density at radius 2 is 1.93 bits per heavy atom. The van der Waals surface area contributed by atoms with E-state index in [1.165, 1.54) is 0 Å². The van der Waals surface area contributed by atoms with Crippen LogP contribution in [0.25, 0.3) is 11.5 Å². The summed E-state index contributed by atoms with van der Waals surface area (Å²) in [6, 6.07) is 8.56. The van der Waals surface area contributed by atoms with Gasteiger partial charge in [0.2, 0.25) is 0 Å². The lowest BCUT2D eigenvalue weighted by atomic mass is 10.1. The quantitative estimate of drug-likeness (QED) is 0.719. The average molecular weight is 402 g/mol. The first-order valence-electron chi connectivity index (χ1n) is 8.83. The van der Waals surface area contributed by atoms with E-state index in [4.69, 9.17) is 0 Å². The van der Waals surface area contributed by atoms with Crippen LogP contribution in [-0.2, 0) is 6.54 Å². The number of carbonyl (C=O) groups excluding carboxylic acids is 1. The molecule has 10 heteroatoms. The zero-order valence-corrected chi connectivity index (χ0v) is 15.6. The lowest BCUT2D eigenvalue weighted by Crippen LogP contribution is -2.24. The summed E-state index contributed by atoms with van der Waals surface area (Å²) in [6.45, 7) is 1.56. The van der Waals surface area contributed by atoms with E-state index in [9.17, 15) is 18.0 Å². The van der Waals surface area contributed by atoms with Gasteiger partial charge in [-0.25, -0.2) is 4.98 Å². The molecule has 0 unspecified atom stereocenters. The van der Waals surface area contributed by atoms with Gasteiger partial charge in [-0.3, -0.25) is 4.79 Å². The number of benzene rings is 1. The van der Waals surface area contributed by atoms with Crippen molar-refractivity contribution in [1.82, 2.24) is 24.6 Å². The molecule has 29 heavy (non-hydrogen) atoms. The molecule has 0 radical (unpaired) electrons. The molecule has 3 aromatic rings. The normalized spacial score (nSPS) is 14.8. The van der Waals surface area contributed by atoms with Gasteiger partial charge in [0.15, 0.2) is 5.82 Å². The van der Waals surface area contributed by atoms with Gasteiger partial charge in [-0.15, -0.1) is 10.2 Å². The van der Waals surface area contributed by atoms with Crippen molar-refractivity contribution >= 4 is 17.4 Å². The van der Waals surface area contributed by atoms with Crippen LogP contribution >= 0.6 is 0 Å². The summed E-state index contributed by atoms with van der Waals surface area (Å²) >= 11 is 0. The summed E-state index contributed by atoms with van der Waals surface area (Å²) in [6.07, 6.45) is -3.40. The van der Waals surface area contributed by atoms with Crippen molar-refractivity contribution in [2.75, 3.05) is 12.4 Å². The van der Waals surface area contributed by atoms with Gasteiger partial charge >= 0.3 is 6.18 Å². The van der Waals surface area contributed by atoms with Crippen LogP contribution in [0, 0.1) is 0 Å². The minimum Gasteiger partial charge on any atom is -0.340 e. The number of halogens is 3. The number of fused-ring (bicyclic) bond motifs is 1. The highest BCUT2D eigenvalue weighted by Crippen LogP contribution is 2.33. The molecule has 0 fully saturated rings. The number of nitrogens with zero attached hydrogens (tertiary/aromatic N) is 5. The molecule has 1 atom stereocenters. The van der Waals surface area contributed by atoms with E-state index in [1.807, 2.05) is 12.1 Å². The third kappa shape index (κ3) is 3.41. The Morgan fingerprint density at radius 1 is 1.17 bits per heavy atom. The standard InChI is InChI=1S/C19H17F3N6O/c1-11(19(20,21)22)28-10-23-26-17(28)14-7-4-8-15(25-14)24-13-6-3-5-12-9-27(2)18(29)16(12)13/h3-8,10-11H,9H2,1-2H3,(H,24,25)/t11-/m1/s1. The Labute approximate surface area is 164 Å². The number of pyridine rings is 1. The van der Waals surface area contributed by atoms with E-state index in [-0.39, 0.29) is 17.4 Å². The molecule has 1 N–H and O–H groups in total. The molecule has 0 bridgehead atoms. The highest BCUT2D eigenvalue weighted by molar-refractivity contribution is 6.03. The Hall–Kier alpha value is -3.43. The number of carbonyl (C=O) groups is 1. The van der Waals surface area contributed by atoms with Gasteiger partial charge in [0.05, 0.1) is 11.3 Å². The number of nitrogens with one attached hydrogen (secondary N) is 1. The predicted octanol–water partition coefficient (Wildman–Crippen LogP) is 3.79. The highest BCUT2D eigenvalue weighted by Gasteiger charge is 2.38. The smallest absolute Gasteiger partial charge is 0.340 e. The molecule has 1 amide bonds. The minimum atomic E-state index is -4.44. The van der Waals surface area contributed by atoms with Gasteiger partial charge in [-0.2, -0.15) is 13.2 Å². The van der Waals surface area contributed by atoms with E-state index in [0.717, 1.165) is 23.4 Å². The molecule has 3 heterocycles. The van der Waals surface area contributed by atoms with Gasteiger partial charge in [0.25, 0.3) is 5.91 Å². The third-order valence-electron chi connectivity index (χ3n) is 4.82. The number of alkyl halides is 3. The summed E-state index contributed by atoms with van der Waals surface area (Å²) in [5.74, 6) is 0.290. The molecule has 150 valence electrons. The van der Waals surface area contributed by atoms with E-state index in [0.29, 0.717) is 23.6 Å². The van der Waals surface area contributed by atoms with Crippen LogP contribution < -0.4 is 5.32 Å². The molecule has 0 spiro atoms. The Bertz CT molecular complexity index is 1080. The van der Waals surface area contributed by atoms with Gasteiger partial charge in [0.1, 0.15) is 23.9 Å². The van der Waals surface area contributed by atoms with Crippen LogP contribution in [0.3, 0.4) is 0 Å². The fourth-order valence-corrected chi connectivity index (χ4v) is 3.24. The van der Waals surface area contributed by atoms with Gasteiger partial charge in [-0.05, 0) is 30.7 Å². The van der Waals surface area contributed by atoms with E-state index >= 15 is 0 Å². The maximum absolute atomic E-state index is 13.1. The van der Waals surface area contributed by atoms with Crippen molar-refractivity contribution in [1.29, 1.82) is 0 Å². The van der Waals surface area contributed by atoms with Crippen molar-refractivity contribution < 1.29 is 18.0 Å². The van der Waals surface area contributed by atoms with Crippen LogP contribution in [-0.4, -0.2) is 43.8 Å². The zero-order valence-electron chi connectivity index (χ0n) is 15.6. The second kappa shape index (κ2) is 6.87. The van der Waals surface area contributed by atoms with Gasteiger partial charge in [-0.1, -0.05) is 18.2 Å². The van der Waals surface area contributed by atoms with Crippen molar-refractivity contribution in [3.05, 3.63) is 53.9 Å². The maximum atomic E-state index is 13.1. The Kier molecular flexibility index (Phi) is 4.48. The molecule has 7 nitrogen and oxygen atoms in total. The van der Waals surface area contributed by atoms with Crippen molar-refractivity contribution in [3.8, 4) is 11.5 Å². The molecule has 1 aliphatic rings. The first kappa shape index (κ1) is 18.9. The molecule has 0 saturated carbocycles. The van der Waals surface area contributed by atoms with E-state index < -0.39 is 12.2 Å². The fraction of sp³-hybridized carbons (Fsp3) is 0.263. The predicted molar refractivity (Wildman–Crippen MR) is 99.5 cm³/mol. The number of anilines is 2. The Balaban J connectivity index is 1.67. The van der Waals surface area contributed by atoms with Crippen LogP contribution in [0.15, 0.2) is 42.7 Å². The molecule has 0 saturated heterocycles. The average Bonchev–Trinajstić information content (AvgIpc) is 3.26. The largest absolute Gasteiger partial charge is 0.408 e. The molecular formula is C19H17F3N6O. The zero-order chi connectivity index (χ0) is 20.8. The Morgan fingerprint density at radius 3 is 2.69 bits per heavy atom. The molecule has 1 aliphatic heterocycles. The van der Waals surface area contributed by atoms with Crippen LogP contribution in [0.5, 0.6) is 0 Å². The van der Waals surface area contributed by atoms with Crippen molar-refractivity contribution in [2.24, 2.45) is 0 Å². The van der Waals surface area contributed by atoms with E-state index in [2.05, 4.69) is 20.5 Å². The fourth-order valence-electron chi connectivity index (χ4n) is 3.24. The van der Waals surface area contributed by atoms with Gasteiger partial charge in [0, 0.05) is 13.6 Å². The van der Waals surface area contributed by atoms with Crippen molar-refractivity contribution in [2.45, 2.75) is 25.7 Å². The lowest BCUT2D eigenvalue weighted by Gasteiger charge is -2.18. The summed E-state index contributed by atoms with van der Waals surface area (Å²) in [5, 5.41) is 10.5. The second-order valence-electron chi connectivity index (χ2n) is 6.81. The number of aromatic nitrogens is 4. The molecule has 2 aromatic heterocycles. The monoisotopic (exact) mass is 402 g/mol. The van der Waals surface area contributed by atoms with Crippen molar-refractivity contribution in [3.63, 3.8) is 0 Å². The van der Waals surface area contributed by atoms with E-state index in [1.54, 1.807) is 36.2 Å². The van der Waals surface area contributed by atoms with Crippen LogP contribution in [0.4, 0.5) is 24.7 Å². The topological polar surface area (TPSA) is 75.9 Å². The highest BCUT2D eigenvalue weighted by atomic mass is 19.4. The number of rotatable bonds is 4. The first-order chi connectivity index (χ1) is 13.8. The van der Waals surface area contributed by atoms with Crippen LogP contribution in [0.1, 0.15) is 28.9 Å². The summed E-state index contributed by atoms with van der Waals surface area (Å²) < 4.78 is 40.3. The molecule has 1 aromatic carbocycles.